The molecule has 11 nitrogen and oxygen atoms in total. The van der Waals surface area contributed by atoms with Crippen LogP contribution < -0.4 is 5.73 Å². The van der Waals surface area contributed by atoms with Crippen molar-refractivity contribution < 1.29 is 24.0 Å². The molecular weight excluding hydrogens is 394 g/mol. The van der Waals surface area contributed by atoms with Crippen LogP contribution in [0, 0.1) is 28.4 Å². The van der Waals surface area contributed by atoms with Crippen LogP contribution in [0.1, 0.15) is 32.0 Å². The number of nitrogens with zero attached hydrogens (tertiary/aromatic N) is 4. The van der Waals surface area contributed by atoms with Gasteiger partial charge in [-0.05, 0) is 13.0 Å². The number of anilines is 1. The first-order valence-corrected chi connectivity index (χ1v) is 8.95. The van der Waals surface area contributed by atoms with Gasteiger partial charge in [0, 0.05) is 30.9 Å². The van der Waals surface area contributed by atoms with E-state index in [2.05, 4.69) is 0 Å². The number of carbonyl (C=O) groups excluding carboxylic acids is 2. The molecule has 0 spiro atoms. The van der Waals surface area contributed by atoms with Gasteiger partial charge in [-0.3, -0.25) is 14.9 Å². The van der Waals surface area contributed by atoms with Gasteiger partial charge in [0.05, 0.1) is 47.7 Å². The maximum absolute atomic E-state index is 12.9. The molecular formula is C19H19N5O6. The van der Waals surface area contributed by atoms with E-state index in [1.54, 1.807) is 0 Å². The molecule has 1 saturated heterocycles. The Kier molecular flexibility index (Phi) is 5.70. The molecule has 0 aliphatic carbocycles. The minimum absolute atomic E-state index is 0.00219. The number of nitriles is 1. The molecule has 2 N–H and O–H groups in total. The second-order valence-corrected chi connectivity index (χ2v) is 6.58. The minimum Gasteiger partial charge on any atom is -0.464 e. The Balaban J connectivity index is 2.24. The average molecular weight is 413 g/mol. The highest BCUT2D eigenvalue weighted by molar-refractivity contribution is 5.98. The quantitative estimate of drug-likeness (QED) is 0.448. The zero-order chi connectivity index (χ0) is 22.0. The lowest BCUT2D eigenvalue weighted by molar-refractivity contribution is -0.385. The van der Waals surface area contributed by atoms with Crippen molar-refractivity contribution in [3.8, 4) is 11.8 Å². The SMILES string of the molecule is COC(=O)c1c(N)c(C#N)cn1-c1cc(C(=O)N2CCOCC2)cc([N+](=O)[O-])c1C. The zero-order valence-electron chi connectivity index (χ0n) is 16.4. The molecule has 0 atom stereocenters. The van der Waals surface area contributed by atoms with Crippen LogP contribution in [0.2, 0.25) is 0 Å². The summed E-state index contributed by atoms with van der Waals surface area (Å²) in [5.74, 6) is -1.22. The molecule has 11 heteroatoms. The maximum Gasteiger partial charge on any atom is 0.357 e. The van der Waals surface area contributed by atoms with Gasteiger partial charge < -0.3 is 24.7 Å². The number of methoxy groups -OCH3 is 1. The Morgan fingerprint density at radius 3 is 2.57 bits per heavy atom. The van der Waals surface area contributed by atoms with Crippen LogP contribution in [0.25, 0.3) is 5.69 Å². The van der Waals surface area contributed by atoms with Crippen LogP contribution in [0.3, 0.4) is 0 Å². The fourth-order valence-corrected chi connectivity index (χ4v) is 3.30. The molecule has 2 heterocycles. The van der Waals surface area contributed by atoms with Gasteiger partial charge in [-0.2, -0.15) is 5.26 Å². The van der Waals surface area contributed by atoms with Gasteiger partial charge in [0.1, 0.15) is 6.07 Å². The molecule has 0 saturated carbocycles. The van der Waals surface area contributed by atoms with Gasteiger partial charge in [-0.1, -0.05) is 0 Å². The van der Waals surface area contributed by atoms with E-state index in [0.29, 0.717) is 26.3 Å². The van der Waals surface area contributed by atoms with Gasteiger partial charge in [0.25, 0.3) is 11.6 Å². The van der Waals surface area contributed by atoms with Gasteiger partial charge >= 0.3 is 5.97 Å². The monoisotopic (exact) mass is 413 g/mol. The van der Waals surface area contributed by atoms with E-state index >= 15 is 0 Å². The van der Waals surface area contributed by atoms with Crippen LogP contribution in [0.5, 0.6) is 0 Å². The topological polar surface area (TPSA) is 154 Å². The summed E-state index contributed by atoms with van der Waals surface area (Å²) in [7, 11) is 1.15. The van der Waals surface area contributed by atoms with Crippen molar-refractivity contribution in [3.05, 3.63) is 50.8 Å². The van der Waals surface area contributed by atoms with E-state index in [1.807, 2.05) is 6.07 Å². The summed E-state index contributed by atoms with van der Waals surface area (Å²) in [5, 5.41) is 20.9. The van der Waals surface area contributed by atoms with Crippen molar-refractivity contribution in [3.63, 3.8) is 0 Å². The Morgan fingerprint density at radius 2 is 2.00 bits per heavy atom. The van der Waals surface area contributed by atoms with Crippen molar-refractivity contribution in [2.75, 3.05) is 39.1 Å². The van der Waals surface area contributed by atoms with Gasteiger partial charge in [-0.15, -0.1) is 0 Å². The Labute approximate surface area is 171 Å². The lowest BCUT2D eigenvalue weighted by Gasteiger charge is -2.27. The van der Waals surface area contributed by atoms with Gasteiger partial charge in [0.15, 0.2) is 5.69 Å². The summed E-state index contributed by atoms with van der Waals surface area (Å²) in [6.45, 7) is 2.95. The standard InChI is InChI=1S/C19H19N5O6/c1-11-14(23-10-13(9-20)16(21)17(23)19(26)29-2)7-12(8-15(11)24(27)28)18(25)22-3-5-30-6-4-22/h7-8,10H,3-6,21H2,1-2H3. The van der Waals surface area contributed by atoms with E-state index in [-0.39, 0.29) is 39.4 Å². The number of nitrogens with two attached hydrogens (primary N) is 1. The highest BCUT2D eigenvalue weighted by Crippen LogP contribution is 2.32. The molecule has 156 valence electrons. The fraction of sp³-hybridized carbons (Fsp3) is 0.316. The van der Waals surface area contributed by atoms with Crippen molar-refractivity contribution in [2.45, 2.75) is 6.92 Å². The second-order valence-electron chi connectivity index (χ2n) is 6.58. The predicted octanol–water partition coefficient (Wildman–Crippen LogP) is 1.41. The maximum atomic E-state index is 12.9. The molecule has 2 aromatic rings. The van der Waals surface area contributed by atoms with E-state index in [4.69, 9.17) is 15.2 Å². The number of rotatable bonds is 4. The molecule has 0 bridgehead atoms. The summed E-state index contributed by atoms with van der Waals surface area (Å²) in [5.41, 5.74) is 5.81. The lowest BCUT2D eigenvalue weighted by Crippen LogP contribution is -2.40. The molecule has 0 radical (unpaired) electrons. The van der Waals surface area contributed by atoms with Crippen LogP contribution in [0.15, 0.2) is 18.3 Å². The van der Waals surface area contributed by atoms with Crippen LogP contribution in [0.4, 0.5) is 11.4 Å². The number of nitro groups is 1. The summed E-state index contributed by atoms with van der Waals surface area (Å²) < 4.78 is 11.2. The molecule has 1 aromatic carbocycles. The first kappa shape index (κ1) is 20.8. The third-order valence-electron chi connectivity index (χ3n) is 4.90. The molecule has 0 unspecified atom stereocenters. The van der Waals surface area contributed by atoms with E-state index in [0.717, 1.165) is 7.11 Å². The summed E-state index contributed by atoms with van der Waals surface area (Å²) in [4.78, 5) is 37.8. The largest absolute Gasteiger partial charge is 0.464 e. The Bertz CT molecular complexity index is 1080. The Hall–Kier alpha value is -3.91. The fourth-order valence-electron chi connectivity index (χ4n) is 3.30. The number of hydrogen-bond donors (Lipinski definition) is 1. The first-order valence-electron chi connectivity index (χ1n) is 8.95. The number of hydrogen-bond acceptors (Lipinski definition) is 8. The average Bonchev–Trinajstić information content (AvgIpc) is 3.09. The molecule has 30 heavy (non-hydrogen) atoms. The van der Waals surface area contributed by atoms with E-state index in [9.17, 15) is 25.0 Å². The number of amides is 1. The minimum atomic E-state index is -0.819. The van der Waals surface area contributed by atoms with Gasteiger partial charge in [-0.25, -0.2) is 4.79 Å². The van der Waals surface area contributed by atoms with Crippen molar-refractivity contribution in [1.82, 2.24) is 9.47 Å². The number of benzene rings is 1. The predicted molar refractivity (Wildman–Crippen MR) is 104 cm³/mol. The number of nitrogen functional groups attached to an aromatic ring is 1. The van der Waals surface area contributed by atoms with Crippen molar-refractivity contribution in [2.24, 2.45) is 0 Å². The molecule has 1 aromatic heterocycles. The van der Waals surface area contributed by atoms with Crippen LogP contribution in [-0.4, -0.2) is 59.7 Å². The number of carbonyl (C=O) groups is 2. The molecule has 3 rings (SSSR count). The number of esters is 1. The summed E-state index contributed by atoms with van der Waals surface area (Å²) >= 11 is 0. The van der Waals surface area contributed by atoms with Crippen molar-refractivity contribution >= 4 is 23.3 Å². The second kappa shape index (κ2) is 8.22. The Morgan fingerprint density at radius 1 is 1.33 bits per heavy atom. The normalized spacial score (nSPS) is 13.6. The van der Waals surface area contributed by atoms with Crippen LogP contribution >= 0.6 is 0 Å². The number of nitro benzene ring substituents is 1. The first-order chi connectivity index (χ1) is 14.3. The van der Waals surface area contributed by atoms with Crippen LogP contribution in [-0.2, 0) is 9.47 Å². The lowest BCUT2D eigenvalue weighted by atomic mass is 10.1. The molecule has 1 aliphatic rings. The number of ether oxygens (including phenoxy) is 2. The summed E-state index contributed by atoms with van der Waals surface area (Å²) in [6, 6.07) is 4.51. The van der Waals surface area contributed by atoms with E-state index in [1.165, 1.54) is 34.7 Å². The number of aromatic nitrogens is 1. The van der Waals surface area contributed by atoms with Gasteiger partial charge in [0.2, 0.25) is 0 Å². The van der Waals surface area contributed by atoms with Crippen molar-refractivity contribution in [1.29, 1.82) is 5.26 Å². The third kappa shape index (κ3) is 3.56. The zero-order valence-corrected chi connectivity index (χ0v) is 16.4. The van der Waals surface area contributed by atoms with E-state index < -0.39 is 16.8 Å². The molecule has 1 amide bonds. The molecule has 1 fully saturated rings. The third-order valence-corrected chi connectivity index (χ3v) is 4.90. The number of morpholine rings is 1. The summed E-state index contributed by atoms with van der Waals surface area (Å²) in [6.07, 6.45) is 1.29. The highest BCUT2D eigenvalue weighted by Gasteiger charge is 2.28. The smallest absolute Gasteiger partial charge is 0.357 e. The molecule has 1 aliphatic heterocycles. The highest BCUT2D eigenvalue weighted by atomic mass is 16.6.